The summed E-state index contributed by atoms with van der Waals surface area (Å²) < 4.78 is 5.17. The summed E-state index contributed by atoms with van der Waals surface area (Å²) in [5, 5.41) is 0. The molecule has 2 heteroatoms. The summed E-state index contributed by atoms with van der Waals surface area (Å²) in [5.41, 5.74) is 0. The van der Waals surface area contributed by atoms with Crippen LogP contribution in [0.4, 0.5) is 0 Å². The van der Waals surface area contributed by atoms with E-state index in [1.807, 2.05) is 0 Å². The minimum atomic E-state index is -0.0141. The van der Waals surface area contributed by atoms with Crippen molar-refractivity contribution in [3.8, 4) is 0 Å². The smallest absolute Gasteiger partial charge is 0.305 e. The minimum absolute atomic E-state index is 0.0141. The van der Waals surface area contributed by atoms with Crippen LogP contribution in [0.2, 0.25) is 0 Å². The van der Waals surface area contributed by atoms with E-state index in [0.29, 0.717) is 13.0 Å². The number of ether oxygens (including phenoxy) is 1. The molecule has 0 saturated heterocycles. The number of carbonyl (C=O) groups is 1. The SMILES string of the molecule is CCCCCCOC(=O)CCCC(C)CC. The van der Waals surface area contributed by atoms with Crippen LogP contribution >= 0.6 is 0 Å². The van der Waals surface area contributed by atoms with Crippen LogP contribution < -0.4 is 0 Å². The third-order valence-electron chi connectivity index (χ3n) is 3.04. The van der Waals surface area contributed by atoms with Crippen molar-refractivity contribution in [3.63, 3.8) is 0 Å². The van der Waals surface area contributed by atoms with Crippen LogP contribution in [0, 0.1) is 5.92 Å². The van der Waals surface area contributed by atoms with Gasteiger partial charge in [-0.25, -0.2) is 0 Å². The van der Waals surface area contributed by atoms with Crippen molar-refractivity contribution in [2.45, 2.75) is 72.1 Å². The van der Waals surface area contributed by atoms with Crippen molar-refractivity contribution in [2.75, 3.05) is 6.61 Å². The number of rotatable bonds is 10. The van der Waals surface area contributed by atoms with E-state index in [1.54, 1.807) is 0 Å². The maximum Gasteiger partial charge on any atom is 0.305 e. The highest BCUT2D eigenvalue weighted by atomic mass is 16.5. The summed E-state index contributed by atoms with van der Waals surface area (Å²) in [6.07, 6.45) is 8.57. The molecule has 2 nitrogen and oxygen atoms in total. The monoisotopic (exact) mass is 228 g/mol. The van der Waals surface area contributed by atoms with Crippen molar-refractivity contribution < 1.29 is 9.53 Å². The van der Waals surface area contributed by atoms with E-state index >= 15 is 0 Å². The third-order valence-corrected chi connectivity index (χ3v) is 3.04. The Labute approximate surface area is 101 Å². The molecule has 0 amide bonds. The van der Waals surface area contributed by atoms with Gasteiger partial charge in [0.25, 0.3) is 0 Å². The predicted molar refractivity (Wildman–Crippen MR) is 68.4 cm³/mol. The van der Waals surface area contributed by atoms with Crippen molar-refractivity contribution in [1.82, 2.24) is 0 Å². The van der Waals surface area contributed by atoms with Gasteiger partial charge >= 0.3 is 5.97 Å². The van der Waals surface area contributed by atoms with Crippen LogP contribution in [-0.4, -0.2) is 12.6 Å². The molecule has 0 aliphatic carbocycles. The number of hydrogen-bond acceptors (Lipinski definition) is 2. The highest BCUT2D eigenvalue weighted by Gasteiger charge is 2.04. The van der Waals surface area contributed by atoms with E-state index in [0.717, 1.165) is 25.2 Å². The van der Waals surface area contributed by atoms with Gasteiger partial charge in [0.05, 0.1) is 6.61 Å². The van der Waals surface area contributed by atoms with E-state index < -0.39 is 0 Å². The lowest BCUT2D eigenvalue weighted by Gasteiger charge is -2.07. The molecule has 0 aromatic carbocycles. The van der Waals surface area contributed by atoms with Crippen molar-refractivity contribution in [2.24, 2.45) is 5.92 Å². The number of esters is 1. The highest BCUT2D eigenvalue weighted by molar-refractivity contribution is 5.69. The molecule has 96 valence electrons. The Kier molecular flexibility index (Phi) is 10.6. The van der Waals surface area contributed by atoms with E-state index in [2.05, 4.69) is 20.8 Å². The lowest BCUT2D eigenvalue weighted by molar-refractivity contribution is -0.143. The lowest BCUT2D eigenvalue weighted by atomic mass is 10.0. The Balaban J connectivity index is 3.24. The first-order valence-electron chi connectivity index (χ1n) is 6.86. The molecule has 0 aromatic rings. The number of hydrogen-bond donors (Lipinski definition) is 0. The zero-order valence-electron chi connectivity index (χ0n) is 11.3. The first-order valence-corrected chi connectivity index (χ1v) is 6.86. The predicted octanol–water partition coefficient (Wildman–Crippen LogP) is 4.33. The van der Waals surface area contributed by atoms with Gasteiger partial charge in [-0.05, 0) is 18.8 Å². The lowest BCUT2D eigenvalue weighted by Crippen LogP contribution is -2.06. The Hall–Kier alpha value is -0.530. The van der Waals surface area contributed by atoms with Crippen LogP contribution in [0.15, 0.2) is 0 Å². The second-order valence-electron chi connectivity index (χ2n) is 4.69. The van der Waals surface area contributed by atoms with Crippen molar-refractivity contribution in [1.29, 1.82) is 0 Å². The van der Waals surface area contributed by atoms with Gasteiger partial charge in [-0.15, -0.1) is 0 Å². The largest absolute Gasteiger partial charge is 0.466 e. The second-order valence-corrected chi connectivity index (χ2v) is 4.69. The Morgan fingerprint density at radius 1 is 1.12 bits per heavy atom. The highest BCUT2D eigenvalue weighted by Crippen LogP contribution is 2.11. The van der Waals surface area contributed by atoms with Crippen LogP contribution in [0.5, 0.6) is 0 Å². The molecule has 0 aliphatic rings. The maximum atomic E-state index is 11.3. The zero-order chi connectivity index (χ0) is 12.2. The molecule has 1 unspecified atom stereocenters. The van der Waals surface area contributed by atoms with Crippen molar-refractivity contribution >= 4 is 5.97 Å². The molecule has 0 radical (unpaired) electrons. The van der Waals surface area contributed by atoms with Crippen LogP contribution in [0.1, 0.15) is 72.1 Å². The zero-order valence-corrected chi connectivity index (χ0v) is 11.3. The normalized spacial score (nSPS) is 12.4. The van der Waals surface area contributed by atoms with Crippen LogP contribution in [0.25, 0.3) is 0 Å². The summed E-state index contributed by atoms with van der Waals surface area (Å²) in [6, 6.07) is 0. The maximum absolute atomic E-state index is 11.3. The molecule has 16 heavy (non-hydrogen) atoms. The van der Waals surface area contributed by atoms with E-state index in [1.165, 1.54) is 25.7 Å². The fraction of sp³-hybridized carbons (Fsp3) is 0.929. The number of carbonyl (C=O) groups excluding carboxylic acids is 1. The fourth-order valence-corrected chi connectivity index (χ4v) is 1.59. The van der Waals surface area contributed by atoms with Gasteiger partial charge < -0.3 is 4.74 Å². The summed E-state index contributed by atoms with van der Waals surface area (Å²) in [5.74, 6) is 0.720. The molecule has 1 atom stereocenters. The first kappa shape index (κ1) is 15.5. The molecule has 0 spiro atoms. The van der Waals surface area contributed by atoms with E-state index in [-0.39, 0.29) is 5.97 Å². The van der Waals surface area contributed by atoms with Gasteiger partial charge in [0, 0.05) is 6.42 Å². The van der Waals surface area contributed by atoms with E-state index in [9.17, 15) is 4.79 Å². The van der Waals surface area contributed by atoms with Crippen LogP contribution in [-0.2, 0) is 9.53 Å². The van der Waals surface area contributed by atoms with Gasteiger partial charge in [0.2, 0.25) is 0 Å². The molecular weight excluding hydrogens is 200 g/mol. The fourth-order valence-electron chi connectivity index (χ4n) is 1.59. The third kappa shape index (κ3) is 10.0. The average Bonchev–Trinajstić information content (AvgIpc) is 2.28. The molecule has 0 aliphatic heterocycles. The van der Waals surface area contributed by atoms with Gasteiger partial charge in [-0.1, -0.05) is 52.9 Å². The average molecular weight is 228 g/mol. The van der Waals surface area contributed by atoms with Crippen LogP contribution in [0.3, 0.4) is 0 Å². The quantitative estimate of drug-likeness (QED) is 0.411. The minimum Gasteiger partial charge on any atom is -0.466 e. The molecule has 0 rings (SSSR count). The Morgan fingerprint density at radius 3 is 2.50 bits per heavy atom. The van der Waals surface area contributed by atoms with Gasteiger partial charge in [-0.2, -0.15) is 0 Å². The van der Waals surface area contributed by atoms with Gasteiger partial charge in [0.15, 0.2) is 0 Å². The summed E-state index contributed by atoms with van der Waals surface area (Å²) in [7, 11) is 0. The summed E-state index contributed by atoms with van der Waals surface area (Å²) in [4.78, 5) is 11.3. The standard InChI is InChI=1S/C14H28O2/c1-4-6-7-8-12-16-14(15)11-9-10-13(3)5-2/h13H,4-12H2,1-3H3. The molecule has 0 fully saturated rings. The van der Waals surface area contributed by atoms with Gasteiger partial charge in [-0.3, -0.25) is 4.79 Å². The Morgan fingerprint density at radius 2 is 1.88 bits per heavy atom. The molecule has 0 N–H and O–H groups in total. The second kappa shape index (κ2) is 11.0. The Bertz CT molecular complexity index is 166. The summed E-state index contributed by atoms with van der Waals surface area (Å²) in [6.45, 7) is 7.22. The molecule has 0 bridgehead atoms. The van der Waals surface area contributed by atoms with E-state index in [4.69, 9.17) is 4.74 Å². The molecule has 0 saturated carbocycles. The molecular formula is C14H28O2. The topological polar surface area (TPSA) is 26.3 Å². The molecule has 0 heterocycles. The molecule has 0 aromatic heterocycles. The van der Waals surface area contributed by atoms with Crippen molar-refractivity contribution in [3.05, 3.63) is 0 Å². The van der Waals surface area contributed by atoms with Gasteiger partial charge in [0.1, 0.15) is 0 Å². The first-order chi connectivity index (χ1) is 7.70. The number of unbranched alkanes of at least 4 members (excludes halogenated alkanes) is 3. The summed E-state index contributed by atoms with van der Waals surface area (Å²) >= 11 is 0.